The average molecular weight is 280 g/mol. The van der Waals surface area contributed by atoms with Gasteiger partial charge >= 0.3 is 0 Å². The Bertz CT molecular complexity index is 449. The van der Waals surface area contributed by atoms with Crippen LogP contribution >= 0.6 is 0 Å². The molecule has 0 aromatic heterocycles. The number of carbonyl (C=O) groups is 1. The molecule has 0 aliphatic heterocycles. The van der Waals surface area contributed by atoms with Crippen molar-refractivity contribution in [1.29, 1.82) is 0 Å². The lowest BCUT2D eigenvalue weighted by molar-refractivity contribution is -0.132. The first-order valence-corrected chi connectivity index (χ1v) is 6.75. The number of carbonyl (C=O) groups excluding carboxylic acids is 1. The Morgan fingerprint density at radius 3 is 2.60 bits per heavy atom. The fourth-order valence-electron chi connectivity index (χ4n) is 2.13. The zero-order chi connectivity index (χ0) is 15.1. The zero-order valence-corrected chi connectivity index (χ0v) is 12.7. The minimum Gasteiger partial charge on any atom is -0.493 e. The van der Waals surface area contributed by atoms with Gasteiger partial charge in [-0.25, -0.2) is 0 Å². The lowest BCUT2D eigenvalue weighted by atomic mass is 10.1. The van der Waals surface area contributed by atoms with E-state index in [9.17, 15) is 4.79 Å². The number of hydrogen-bond acceptors (Lipinski definition) is 4. The number of amides is 1. The lowest BCUT2D eigenvalue weighted by Gasteiger charge is -2.22. The zero-order valence-electron chi connectivity index (χ0n) is 12.7. The summed E-state index contributed by atoms with van der Waals surface area (Å²) < 4.78 is 10.6. The average Bonchev–Trinajstić information content (AvgIpc) is 2.46. The quantitative estimate of drug-likeness (QED) is 0.827. The van der Waals surface area contributed by atoms with E-state index in [1.54, 1.807) is 26.2 Å². The molecular weight excluding hydrogens is 256 g/mol. The summed E-state index contributed by atoms with van der Waals surface area (Å²) in [5, 5.41) is 0. The van der Waals surface area contributed by atoms with Gasteiger partial charge in [0.05, 0.1) is 20.3 Å². The molecule has 0 saturated carbocycles. The van der Waals surface area contributed by atoms with Crippen molar-refractivity contribution in [3.63, 3.8) is 0 Å². The van der Waals surface area contributed by atoms with Crippen LogP contribution in [0, 0.1) is 0 Å². The molecule has 5 nitrogen and oxygen atoms in total. The smallest absolute Gasteiger partial charge is 0.239 e. The second-order valence-corrected chi connectivity index (χ2v) is 4.74. The van der Waals surface area contributed by atoms with Crippen molar-refractivity contribution in [1.82, 2.24) is 4.90 Å². The number of rotatable bonds is 7. The molecule has 0 fully saturated rings. The van der Waals surface area contributed by atoms with Gasteiger partial charge in [-0.1, -0.05) is 25.5 Å². The van der Waals surface area contributed by atoms with E-state index in [2.05, 4.69) is 0 Å². The van der Waals surface area contributed by atoms with Crippen LogP contribution in [0.3, 0.4) is 0 Å². The predicted octanol–water partition coefficient (Wildman–Crippen LogP) is 1.79. The van der Waals surface area contributed by atoms with Crippen LogP contribution in [0.5, 0.6) is 11.5 Å². The van der Waals surface area contributed by atoms with E-state index in [4.69, 9.17) is 15.2 Å². The second kappa shape index (κ2) is 7.75. The molecule has 0 aliphatic carbocycles. The van der Waals surface area contributed by atoms with Gasteiger partial charge in [0.1, 0.15) is 0 Å². The summed E-state index contributed by atoms with van der Waals surface area (Å²) in [5.74, 6) is 1.25. The number of para-hydroxylation sites is 1. The molecule has 0 unspecified atom stereocenters. The largest absolute Gasteiger partial charge is 0.493 e. The highest BCUT2D eigenvalue weighted by atomic mass is 16.5. The third-order valence-corrected chi connectivity index (χ3v) is 3.19. The first kappa shape index (κ1) is 16.3. The van der Waals surface area contributed by atoms with Gasteiger partial charge in [-0.3, -0.25) is 4.79 Å². The normalized spacial score (nSPS) is 11.8. The van der Waals surface area contributed by atoms with E-state index in [0.717, 1.165) is 12.0 Å². The number of benzene rings is 1. The van der Waals surface area contributed by atoms with Crippen molar-refractivity contribution in [3.8, 4) is 11.5 Å². The second-order valence-electron chi connectivity index (χ2n) is 4.74. The molecule has 5 heteroatoms. The molecule has 0 saturated heterocycles. The van der Waals surface area contributed by atoms with Crippen molar-refractivity contribution in [2.24, 2.45) is 5.73 Å². The fraction of sp³-hybridized carbons (Fsp3) is 0.533. The van der Waals surface area contributed by atoms with Gasteiger partial charge in [-0.05, 0) is 12.5 Å². The van der Waals surface area contributed by atoms with Crippen LogP contribution in [0.4, 0.5) is 0 Å². The summed E-state index contributed by atoms with van der Waals surface area (Å²) in [6.07, 6.45) is 1.58. The van der Waals surface area contributed by atoms with Gasteiger partial charge in [0.15, 0.2) is 11.5 Å². The van der Waals surface area contributed by atoms with Crippen molar-refractivity contribution < 1.29 is 14.3 Å². The van der Waals surface area contributed by atoms with Gasteiger partial charge in [-0.15, -0.1) is 0 Å². The van der Waals surface area contributed by atoms with Gasteiger partial charge in [0, 0.05) is 19.2 Å². The highest BCUT2D eigenvalue weighted by Crippen LogP contribution is 2.31. The van der Waals surface area contributed by atoms with Gasteiger partial charge in [0.25, 0.3) is 0 Å². The maximum Gasteiger partial charge on any atom is 0.239 e. The van der Waals surface area contributed by atoms with Crippen molar-refractivity contribution in [3.05, 3.63) is 23.8 Å². The topological polar surface area (TPSA) is 64.8 Å². The highest BCUT2D eigenvalue weighted by Gasteiger charge is 2.19. The van der Waals surface area contributed by atoms with Crippen molar-refractivity contribution >= 4 is 5.91 Å². The lowest BCUT2D eigenvalue weighted by Crippen LogP contribution is -2.41. The van der Waals surface area contributed by atoms with E-state index in [0.29, 0.717) is 24.5 Å². The number of nitrogens with two attached hydrogens (primary N) is 1. The Labute approximate surface area is 120 Å². The van der Waals surface area contributed by atoms with Crippen LogP contribution in [0.1, 0.15) is 25.3 Å². The third-order valence-electron chi connectivity index (χ3n) is 3.19. The minimum absolute atomic E-state index is 0.0586. The van der Waals surface area contributed by atoms with Crippen LogP contribution in [0.25, 0.3) is 0 Å². The molecule has 2 N–H and O–H groups in total. The summed E-state index contributed by atoms with van der Waals surface area (Å²) in [6, 6.07) is 5.17. The number of methoxy groups -OCH3 is 2. The first-order chi connectivity index (χ1) is 9.54. The minimum atomic E-state index is -0.443. The van der Waals surface area contributed by atoms with E-state index >= 15 is 0 Å². The fourth-order valence-corrected chi connectivity index (χ4v) is 2.13. The molecule has 20 heavy (non-hydrogen) atoms. The molecule has 0 aliphatic rings. The van der Waals surface area contributed by atoms with Crippen molar-refractivity contribution in [2.45, 2.75) is 32.4 Å². The molecule has 0 heterocycles. The standard InChI is InChI=1S/C15H24N2O3/c1-5-7-12(16)15(18)17(2)10-11-8-6-9-13(19-3)14(11)20-4/h6,8-9,12H,5,7,10,16H2,1-4H3/t12-/m1/s1. The Kier molecular flexibility index (Phi) is 6.31. The van der Waals surface area contributed by atoms with Crippen LogP contribution in [-0.2, 0) is 11.3 Å². The van der Waals surface area contributed by atoms with Gasteiger partial charge in [-0.2, -0.15) is 0 Å². The van der Waals surface area contributed by atoms with Crippen molar-refractivity contribution in [2.75, 3.05) is 21.3 Å². The summed E-state index contributed by atoms with van der Waals surface area (Å²) in [7, 11) is 4.93. The van der Waals surface area contributed by atoms with E-state index < -0.39 is 6.04 Å². The molecular formula is C15H24N2O3. The van der Waals surface area contributed by atoms with Gasteiger partial charge in [0.2, 0.25) is 5.91 Å². The molecule has 1 atom stereocenters. The van der Waals surface area contributed by atoms with Crippen LogP contribution in [-0.4, -0.2) is 38.1 Å². The van der Waals surface area contributed by atoms with E-state index in [-0.39, 0.29) is 5.91 Å². The van der Waals surface area contributed by atoms with Gasteiger partial charge < -0.3 is 20.1 Å². The molecule has 0 radical (unpaired) electrons. The molecule has 1 aromatic carbocycles. The van der Waals surface area contributed by atoms with E-state index in [1.807, 2.05) is 25.1 Å². The summed E-state index contributed by atoms with van der Waals surface area (Å²) in [5.41, 5.74) is 6.76. The van der Waals surface area contributed by atoms with Crippen LogP contribution in [0.2, 0.25) is 0 Å². The molecule has 1 amide bonds. The maximum absolute atomic E-state index is 12.1. The Hall–Kier alpha value is -1.75. The van der Waals surface area contributed by atoms with E-state index in [1.165, 1.54) is 0 Å². The highest BCUT2D eigenvalue weighted by molar-refractivity contribution is 5.81. The summed E-state index contributed by atoms with van der Waals surface area (Å²) in [6.45, 7) is 2.45. The maximum atomic E-state index is 12.1. The molecule has 1 rings (SSSR count). The number of hydrogen-bond donors (Lipinski definition) is 1. The number of ether oxygens (including phenoxy) is 2. The number of likely N-dealkylation sites (N-methyl/N-ethyl adjacent to an activating group) is 1. The predicted molar refractivity (Wildman–Crippen MR) is 78.9 cm³/mol. The Morgan fingerprint density at radius 1 is 1.35 bits per heavy atom. The SMILES string of the molecule is CCC[C@@H](N)C(=O)N(C)Cc1cccc(OC)c1OC. The molecule has 0 bridgehead atoms. The first-order valence-electron chi connectivity index (χ1n) is 6.75. The Morgan fingerprint density at radius 2 is 2.05 bits per heavy atom. The summed E-state index contributed by atoms with van der Waals surface area (Å²) >= 11 is 0. The summed E-state index contributed by atoms with van der Waals surface area (Å²) in [4.78, 5) is 13.7. The molecule has 0 spiro atoms. The third kappa shape index (κ3) is 3.87. The molecule has 112 valence electrons. The monoisotopic (exact) mass is 280 g/mol. The number of nitrogens with zero attached hydrogens (tertiary/aromatic N) is 1. The van der Waals surface area contributed by atoms with Crippen LogP contribution < -0.4 is 15.2 Å². The molecule has 1 aromatic rings. The Balaban J connectivity index is 2.85. The van der Waals surface area contributed by atoms with Crippen LogP contribution in [0.15, 0.2) is 18.2 Å².